The molecule has 1 amide bonds. The Kier molecular flexibility index (Phi) is 5.67. The van der Waals surface area contributed by atoms with Gasteiger partial charge in [-0.05, 0) is 31.2 Å². The van der Waals surface area contributed by atoms with Crippen LogP contribution in [0.2, 0.25) is 5.02 Å². The van der Waals surface area contributed by atoms with E-state index in [1.165, 1.54) is 0 Å². The molecule has 2 rings (SSSR count). The molecule has 0 radical (unpaired) electrons. The summed E-state index contributed by atoms with van der Waals surface area (Å²) in [5.41, 5.74) is 1.76. The van der Waals surface area contributed by atoms with E-state index in [1.807, 2.05) is 43.3 Å². The molecule has 2 aromatic rings. The van der Waals surface area contributed by atoms with Crippen molar-refractivity contribution in [3.8, 4) is 5.75 Å². The van der Waals surface area contributed by atoms with Crippen molar-refractivity contribution in [1.82, 2.24) is 5.32 Å². The number of halogens is 1. The molecule has 0 saturated heterocycles. The van der Waals surface area contributed by atoms with Crippen molar-refractivity contribution >= 4 is 23.2 Å². The van der Waals surface area contributed by atoms with Crippen LogP contribution in [0.25, 0.3) is 0 Å². The normalized spacial score (nSPS) is 11.6. The molecule has 1 unspecified atom stereocenters. The van der Waals surface area contributed by atoms with Gasteiger partial charge in [0, 0.05) is 16.3 Å². The summed E-state index contributed by atoms with van der Waals surface area (Å²) < 4.78 is 5.31. The number of hydrogen-bond acceptors (Lipinski definition) is 3. The van der Waals surface area contributed by atoms with Crippen molar-refractivity contribution in [3.05, 3.63) is 59.1 Å². The number of rotatable bonds is 6. The fourth-order valence-corrected chi connectivity index (χ4v) is 2.37. The second-order valence-corrected chi connectivity index (χ2v) is 5.33. The van der Waals surface area contributed by atoms with Crippen LogP contribution in [0.4, 0.5) is 5.69 Å². The zero-order valence-electron chi connectivity index (χ0n) is 12.6. The maximum absolute atomic E-state index is 12.0. The largest absolute Gasteiger partial charge is 0.496 e. The third-order valence-electron chi connectivity index (χ3n) is 3.26. The highest BCUT2D eigenvalue weighted by Gasteiger charge is 2.13. The number of anilines is 1. The molecule has 0 aliphatic heterocycles. The van der Waals surface area contributed by atoms with Crippen LogP contribution in [0, 0.1) is 0 Å². The van der Waals surface area contributed by atoms with Crippen LogP contribution in [0.5, 0.6) is 5.75 Å². The van der Waals surface area contributed by atoms with Crippen LogP contribution in [0.15, 0.2) is 48.5 Å². The summed E-state index contributed by atoms with van der Waals surface area (Å²) >= 11 is 5.90. The van der Waals surface area contributed by atoms with Gasteiger partial charge < -0.3 is 15.4 Å². The van der Waals surface area contributed by atoms with E-state index in [9.17, 15) is 4.79 Å². The first kappa shape index (κ1) is 16.2. The zero-order chi connectivity index (χ0) is 15.9. The van der Waals surface area contributed by atoms with Gasteiger partial charge in [-0.1, -0.05) is 35.9 Å². The molecule has 1 atom stereocenters. The minimum atomic E-state index is -0.134. The molecule has 0 heterocycles. The molecule has 0 spiro atoms. The first-order valence-corrected chi connectivity index (χ1v) is 7.39. The number of ether oxygens (including phenoxy) is 1. The molecule has 0 aromatic heterocycles. The Bertz CT molecular complexity index is 646. The summed E-state index contributed by atoms with van der Waals surface area (Å²) in [4.78, 5) is 12.0. The van der Waals surface area contributed by atoms with Crippen molar-refractivity contribution in [1.29, 1.82) is 0 Å². The van der Waals surface area contributed by atoms with Gasteiger partial charge in [-0.25, -0.2) is 0 Å². The topological polar surface area (TPSA) is 50.4 Å². The molecule has 0 aliphatic rings. The van der Waals surface area contributed by atoms with E-state index in [4.69, 9.17) is 16.3 Å². The van der Waals surface area contributed by atoms with Crippen molar-refractivity contribution in [3.63, 3.8) is 0 Å². The highest BCUT2D eigenvalue weighted by atomic mass is 35.5. The van der Waals surface area contributed by atoms with E-state index in [2.05, 4.69) is 10.6 Å². The van der Waals surface area contributed by atoms with Crippen LogP contribution >= 0.6 is 11.6 Å². The predicted molar refractivity (Wildman–Crippen MR) is 89.5 cm³/mol. The van der Waals surface area contributed by atoms with E-state index < -0.39 is 0 Å². The maximum atomic E-state index is 12.0. The van der Waals surface area contributed by atoms with Gasteiger partial charge in [0.05, 0.1) is 19.7 Å². The van der Waals surface area contributed by atoms with Gasteiger partial charge in [-0.15, -0.1) is 0 Å². The average molecular weight is 319 g/mol. The van der Waals surface area contributed by atoms with Crippen LogP contribution < -0.4 is 15.4 Å². The number of carbonyl (C=O) groups is 1. The van der Waals surface area contributed by atoms with Crippen LogP contribution in [-0.2, 0) is 4.79 Å². The van der Waals surface area contributed by atoms with Gasteiger partial charge in [0.2, 0.25) is 5.91 Å². The zero-order valence-corrected chi connectivity index (χ0v) is 13.4. The number of methoxy groups -OCH3 is 1. The van der Waals surface area contributed by atoms with E-state index >= 15 is 0 Å². The Balaban J connectivity index is 1.91. The number of hydrogen-bond donors (Lipinski definition) is 2. The number of benzene rings is 2. The van der Waals surface area contributed by atoms with Gasteiger partial charge in [-0.3, -0.25) is 4.79 Å². The maximum Gasteiger partial charge on any atom is 0.239 e. The average Bonchev–Trinajstić information content (AvgIpc) is 2.53. The molecule has 116 valence electrons. The van der Waals surface area contributed by atoms with Crippen LogP contribution in [0.1, 0.15) is 18.5 Å². The molecule has 5 heteroatoms. The lowest BCUT2D eigenvalue weighted by atomic mass is 10.1. The Hall–Kier alpha value is -2.20. The van der Waals surface area contributed by atoms with Crippen LogP contribution in [0.3, 0.4) is 0 Å². The van der Waals surface area contributed by atoms with Gasteiger partial charge in [0.1, 0.15) is 5.75 Å². The number of nitrogens with one attached hydrogen (secondary N) is 2. The van der Waals surface area contributed by atoms with E-state index in [0.717, 1.165) is 17.0 Å². The molecular formula is C17H19ClN2O2. The van der Waals surface area contributed by atoms with Crippen molar-refractivity contribution < 1.29 is 9.53 Å². The summed E-state index contributed by atoms with van der Waals surface area (Å²) in [5.74, 6) is 0.663. The number of amides is 1. The SMILES string of the molecule is COc1ccccc1C(C)NC(=O)CNc1cccc(Cl)c1. The number of carbonyl (C=O) groups excluding carboxylic acids is 1. The van der Waals surface area contributed by atoms with E-state index in [0.29, 0.717) is 5.02 Å². The van der Waals surface area contributed by atoms with Crippen molar-refractivity contribution in [2.75, 3.05) is 19.0 Å². The fourth-order valence-electron chi connectivity index (χ4n) is 2.18. The Morgan fingerprint density at radius 2 is 2.00 bits per heavy atom. The van der Waals surface area contributed by atoms with Crippen LogP contribution in [-0.4, -0.2) is 19.6 Å². The molecule has 0 fully saturated rings. The minimum Gasteiger partial charge on any atom is -0.496 e. The van der Waals surface area contributed by atoms with E-state index in [-0.39, 0.29) is 18.5 Å². The first-order valence-electron chi connectivity index (χ1n) is 7.02. The quantitative estimate of drug-likeness (QED) is 0.855. The van der Waals surface area contributed by atoms with E-state index in [1.54, 1.807) is 19.2 Å². The predicted octanol–water partition coefficient (Wildman–Crippen LogP) is 3.64. The summed E-state index contributed by atoms with van der Waals surface area (Å²) in [6, 6.07) is 14.8. The smallest absolute Gasteiger partial charge is 0.239 e. The molecule has 0 bridgehead atoms. The fraction of sp³-hybridized carbons (Fsp3) is 0.235. The summed E-state index contributed by atoms with van der Waals surface area (Å²) in [5, 5.41) is 6.62. The van der Waals surface area contributed by atoms with Crippen molar-refractivity contribution in [2.45, 2.75) is 13.0 Å². The highest BCUT2D eigenvalue weighted by molar-refractivity contribution is 6.30. The molecule has 2 N–H and O–H groups in total. The number of para-hydroxylation sites is 1. The lowest BCUT2D eigenvalue weighted by molar-refractivity contribution is -0.120. The first-order chi connectivity index (χ1) is 10.6. The summed E-state index contributed by atoms with van der Waals surface area (Å²) in [6.07, 6.45) is 0. The van der Waals surface area contributed by atoms with Crippen molar-refractivity contribution in [2.24, 2.45) is 0 Å². The van der Waals surface area contributed by atoms with Gasteiger partial charge in [0.15, 0.2) is 0 Å². The summed E-state index contributed by atoms with van der Waals surface area (Å²) in [7, 11) is 1.62. The molecule has 4 nitrogen and oxygen atoms in total. The third-order valence-corrected chi connectivity index (χ3v) is 3.50. The Morgan fingerprint density at radius 1 is 1.23 bits per heavy atom. The molecule has 2 aromatic carbocycles. The van der Waals surface area contributed by atoms with Gasteiger partial charge in [-0.2, -0.15) is 0 Å². The lowest BCUT2D eigenvalue weighted by Gasteiger charge is -2.17. The monoisotopic (exact) mass is 318 g/mol. The molecule has 0 saturated carbocycles. The second kappa shape index (κ2) is 7.71. The second-order valence-electron chi connectivity index (χ2n) is 4.90. The van der Waals surface area contributed by atoms with Gasteiger partial charge in [0.25, 0.3) is 0 Å². The Labute approximate surface area is 135 Å². The molecule has 22 heavy (non-hydrogen) atoms. The third kappa shape index (κ3) is 4.40. The Morgan fingerprint density at radius 3 is 2.73 bits per heavy atom. The molecular weight excluding hydrogens is 300 g/mol. The minimum absolute atomic E-state index is 0.0987. The standard InChI is InChI=1S/C17H19ClN2O2/c1-12(15-8-3-4-9-16(15)22-2)20-17(21)11-19-14-7-5-6-13(18)10-14/h3-10,12,19H,11H2,1-2H3,(H,20,21). The summed E-state index contributed by atoms with van der Waals surface area (Å²) in [6.45, 7) is 2.11. The highest BCUT2D eigenvalue weighted by Crippen LogP contribution is 2.24. The lowest BCUT2D eigenvalue weighted by Crippen LogP contribution is -2.32. The van der Waals surface area contributed by atoms with Gasteiger partial charge >= 0.3 is 0 Å². The molecule has 0 aliphatic carbocycles.